The zero-order valence-electron chi connectivity index (χ0n) is 19.7. The van der Waals surface area contributed by atoms with Gasteiger partial charge in [-0.2, -0.15) is 5.26 Å². The van der Waals surface area contributed by atoms with E-state index in [9.17, 15) is 14.9 Å². The van der Waals surface area contributed by atoms with Crippen LogP contribution in [0.25, 0.3) is 0 Å². The van der Waals surface area contributed by atoms with Gasteiger partial charge in [0.15, 0.2) is 0 Å². The zero-order valence-corrected chi connectivity index (χ0v) is 20.5. The van der Waals surface area contributed by atoms with Crippen molar-refractivity contribution in [3.8, 4) is 23.3 Å². The summed E-state index contributed by atoms with van der Waals surface area (Å²) < 4.78 is 11.5. The molecule has 0 saturated carbocycles. The maximum atomic E-state index is 12.6. The summed E-state index contributed by atoms with van der Waals surface area (Å²) in [6.07, 6.45) is 0.140. The molecule has 182 valence electrons. The molecule has 7 nitrogen and oxygen atoms in total. The Labute approximate surface area is 214 Å². The fraction of sp³-hybridized carbons (Fsp3) is 0.179. The molecule has 1 aliphatic heterocycles. The lowest BCUT2D eigenvalue weighted by molar-refractivity contribution is -0.121. The number of carbonyl (C=O) groups is 2. The molecular weight excluding hydrogens is 474 g/mol. The minimum absolute atomic E-state index is 0.0306. The highest BCUT2D eigenvalue weighted by molar-refractivity contribution is 8.03. The van der Waals surface area contributed by atoms with Crippen molar-refractivity contribution in [2.75, 3.05) is 17.7 Å². The summed E-state index contributed by atoms with van der Waals surface area (Å²) in [5, 5.41) is 15.9. The Morgan fingerprint density at radius 2 is 1.75 bits per heavy atom. The van der Waals surface area contributed by atoms with E-state index in [2.05, 4.69) is 16.7 Å². The first-order chi connectivity index (χ1) is 17.6. The summed E-state index contributed by atoms with van der Waals surface area (Å²) in [5.41, 5.74) is 1.82. The van der Waals surface area contributed by atoms with Crippen LogP contribution in [0.5, 0.6) is 17.2 Å². The summed E-state index contributed by atoms with van der Waals surface area (Å²) in [6, 6.07) is 26.1. The van der Waals surface area contributed by atoms with Gasteiger partial charge in [0.05, 0.1) is 29.0 Å². The summed E-state index contributed by atoms with van der Waals surface area (Å²) in [5.74, 6) is 1.16. The topological polar surface area (TPSA) is 100 Å². The lowest BCUT2D eigenvalue weighted by Crippen LogP contribution is -2.31. The molecule has 3 aromatic carbocycles. The third kappa shape index (κ3) is 6.26. The highest BCUT2D eigenvalue weighted by Gasteiger charge is 2.31. The number of hydrogen-bond donors (Lipinski definition) is 2. The van der Waals surface area contributed by atoms with E-state index in [1.54, 1.807) is 24.3 Å². The molecule has 2 amide bonds. The van der Waals surface area contributed by atoms with E-state index < -0.39 is 5.92 Å². The van der Waals surface area contributed by atoms with Gasteiger partial charge in [0.25, 0.3) is 0 Å². The lowest BCUT2D eigenvalue weighted by atomic mass is 9.86. The highest BCUT2D eigenvalue weighted by atomic mass is 32.2. The van der Waals surface area contributed by atoms with Crippen molar-refractivity contribution in [2.45, 2.75) is 19.3 Å². The van der Waals surface area contributed by atoms with Crippen LogP contribution in [0.4, 0.5) is 5.69 Å². The number of benzene rings is 3. The molecule has 1 aliphatic rings. The van der Waals surface area contributed by atoms with Gasteiger partial charge < -0.3 is 20.1 Å². The van der Waals surface area contributed by atoms with Crippen molar-refractivity contribution >= 4 is 29.3 Å². The second kappa shape index (κ2) is 12.0. The number of para-hydroxylation sites is 2. The Hall–Kier alpha value is -4.22. The molecule has 1 heterocycles. The maximum absolute atomic E-state index is 12.6. The van der Waals surface area contributed by atoms with Crippen molar-refractivity contribution < 1.29 is 19.1 Å². The number of nitrogens with zero attached hydrogens (tertiary/aromatic N) is 1. The minimum Gasteiger partial charge on any atom is -0.494 e. The molecule has 3 aromatic rings. The molecule has 0 aliphatic carbocycles. The van der Waals surface area contributed by atoms with Crippen LogP contribution in [-0.4, -0.2) is 24.2 Å². The van der Waals surface area contributed by atoms with Gasteiger partial charge in [-0.05, 0) is 49.4 Å². The van der Waals surface area contributed by atoms with Crippen LogP contribution in [0.15, 0.2) is 89.5 Å². The molecule has 1 atom stereocenters. The number of carbonyl (C=O) groups excluding carboxylic acids is 2. The Morgan fingerprint density at radius 3 is 2.47 bits per heavy atom. The number of amides is 2. The smallest absolute Gasteiger partial charge is 0.234 e. The Balaban J connectivity index is 1.41. The number of allylic oxidation sites excluding steroid dienone is 1. The van der Waals surface area contributed by atoms with Crippen LogP contribution >= 0.6 is 11.8 Å². The summed E-state index contributed by atoms with van der Waals surface area (Å²) in [7, 11) is 0. The van der Waals surface area contributed by atoms with Gasteiger partial charge >= 0.3 is 0 Å². The fourth-order valence-electron chi connectivity index (χ4n) is 3.82. The number of anilines is 1. The minimum atomic E-state index is -0.436. The van der Waals surface area contributed by atoms with Crippen molar-refractivity contribution in [1.29, 1.82) is 5.26 Å². The van der Waals surface area contributed by atoms with E-state index in [1.165, 1.54) is 0 Å². The number of nitriles is 1. The Kier molecular flexibility index (Phi) is 8.27. The van der Waals surface area contributed by atoms with Crippen molar-refractivity contribution in [2.24, 2.45) is 0 Å². The van der Waals surface area contributed by atoms with E-state index >= 15 is 0 Å². The van der Waals surface area contributed by atoms with Gasteiger partial charge in [-0.25, -0.2) is 0 Å². The molecule has 0 bridgehead atoms. The largest absolute Gasteiger partial charge is 0.494 e. The van der Waals surface area contributed by atoms with E-state index in [1.807, 2.05) is 61.5 Å². The number of rotatable bonds is 9. The molecule has 4 rings (SSSR count). The molecular formula is C28H25N3O4S. The van der Waals surface area contributed by atoms with Crippen LogP contribution < -0.4 is 20.1 Å². The average molecular weight is 500 g/mol. The second-order valence-corrected chi connectivity index (χ2v) is 8.89. The van der Waals surface area contributed by atoms with E-state index in [0.29, 0.717) is 34.4 Å². The third-order valence-electron chi connectivity index (χ3n) is 5.41. The van der Waals surface area contributed by atoms with Crippen LogP contribution in [-0.2, 0) is 9.59 Å². The highest BCUT2D eigenvalue weighted by Crippen LogP contribution is 2.39. The molecule has 2 N–H and O–H groups in total. The van der Waals surface area contributed by atoms with Gasteiger partial charge in [0, 0.05) is 23.6 Å². The number of ether oxygens (including phenoxy) is 2. The standard InChI is InChI=1S/C28H25N3O4S/c1-2-34-25-11-7-6-10-22(25)23-16-26(32)31-28(24(23)17-29)36-18-27(33)30-19-12-14-21(15-13-19)35-20-8-4-3-5-9-20/h3-15,23H,2,16,18H2,1H3,(H,30,33)(H,31,32)/t23-/m1/s1. The van der Waals surface area contributed by atoms with Gasteiger partial charge in [-0.15, -0.1) is 0 Å². The average Bonchev–Trinajstić information content (AvgIpc) is 2.89. The summed E-state index contributed by atoms with van der Waals surface area (Å²) >= 11 is 1.13. The van der Waals surface area contributed by atoms with E-state index in [4.69, 9.17) is 9.47 Å². The molecule has 0 fully saturated rings. The van der Waals surface area contributed by atoms with Crippen LogP contribution in [0.1, 0.15) is 24.8 Å². The van der Waals surface area contributed by atoms with Gasteiger partial charge in [0.2, 0.25) is 11.8 Å². The number of thioether (sulfide) groups is 1. The second-order valence-electron chi connectivity index (χ2n) is 7.91. The predicted octanol–water partition coefficient (Wildman–Crippen LogP) is 5.59. The summed E-state index contributed by atoms with van der Waals surface area (Å²) in [6.45, 7) is 2.36. The molecule has 0 saturated heterocycles. The van der Waals surface area contributed by atoms with Crippen LogP contribution in [0.2, 0.25) is 0 Å². The number of hydrogen-bond acceptors (Lipinski definition) is 6. The Bertz CT molecular complexity index is 1300. The molecule has 0 aromatic heterocycles. The van der Waals surface area contributed by atoms with E-state index in [0.717, 1.165) is 23.1 Å². The quantitative estimate of drug-likeness (QED) is 0.398. The van der Waals surface area contributed by atoms with Crippen molar-refractivity contribution in [3.05, 3.63) is 95.0 Å². The summed E-state index contributed by atoms with van der Waals surface area (Å²) in [4.78, 5) is 25.1. The lowest BCUT2D eigenvalue weighted by Gasteiger charge is -2.26. The van der Waals surface area contributed by atoms with Crippen molar-refractivity contribution in [3.63, 3.8) is 0 Å². The third-order valence-corrected chi connectivity index (χ3v) is 6.43. The van der Waals surface area contributed by atoms with Crippen molar-refractivity contribution in [1.82, 2.24) is 5.32 Å². The maximum Gasteiger partial charge on any atom is 0.234 e. The van der Waals surface area contributed by atoms with Crippen LogP contribution in [0.3, 0.4) is 0 Å². The first-order valence-electron chi connectivity index (χ1n) is 11.5. The Morgan fingerprint density at radius 1 is 1.06 bits per heavy atom. The first kappa shape index (κ1) is 24.9. The van der Waals surface area contributed by atoms with Gasteiger partial charge in [-0.1, -0.05) is 48.2 Å². The van der Waals surface area contributed by atoms with Gasteiger partial charge in [0.1, 0.15) is 17.2 Å². The monoisotopic (exact) mass is 499 g/mol. The number of nitrogens with one attached hydrogen (secondary N) is 2. The molecule has 0 spiro atoms. The first-order valence-corrected chi connectivity index (χ1v) is 12.5. The molecule has 36 heavy (non-hydrogen) atoms. The molecule has 0 radical (unpaired) electrons. The normalized spacial score (nSPS) is 15.0. The van der Waals surface area contributed by atoms with Crippen LogP contribution in [0, 0.1) is 11.3 Å². The van der Waals surface area contributed by atoms with E-state index in [-0.39, 0.29) is 24.0 Å². The fourth-order valence-corrected chi connectivity index (χ4v) is 4.70. The molecule has 0 unspecified atom stereocenters. The van der Waals surface area contributed by atoms with Gasteiger partial charge in [-0.3, -0.25) is 9.59 Å². The molecule has 8 heteroatoms. The predicted molar refractivity (Wildman–Crippen MR) is 140 cm³/mol. The SMILES string of the molecule is CCOc1ccccc1[C@H]1CC(=O)NC(SCC(=O)Nc2ccc(Oc3ccccc3)cc2)=C1C#N. The zero-order chi connectivity index (χ0) is 25.3.